The maximum Gasteiger partial charge on any atom is 0.472 e. The van der Waals surface area contributed by atoms with Gasteiger partial charge in [0.2, 0.25) is 0 Å². The van der Waals surface area contributed by atoms with Crippen LogP contribution in [0.5, 0.6) is 0 Å². The number of carbonyl (C=O) groups is 4. The van der Waals surface area contributed by atoms with E-state index in [-0.39, 0.29) is 25.7 Å². The number of unbranched alkanes of at least 4 members (excludes halogenated alkanes) is 19. The summed E-state index contributed by atoms with van der Waals surface area (Å²) in [6.07, 6.45) is 95.9. The molecule has 0 saturated heterocycles. The van der Waals surface area contributed by atoms with Crippen molar-refractivity contribution in [3.63, 3.8) is 0 Å². The van der Waals surface area contributed by atoms with Gasteiger partial charge < -0.3 is 33.8 Å². The Morgan fingerprint density at radius 2 is 0.491 bits per heavy atom. The highest BCUT2D eigenvalue weighted by Crippen LogP contribution is 2.45. The van der Waals surface area contributed by atoms with E-state index in [1.165, 1.54) is 57.8 Å². The van der Waals surface area contributed by atoms with Gasteiger partial charge in [-0.3, -0.25) is 37.3 Å². The molecule has 0 fully saturated rings. The molecule has 0 rings (SSSR count). The van der Waals surface area contributed by atoms with Crippen LogP contribution in [-0.2, 0) is 65.4 Å². The average molecular weight is 1550 g/mol. The Balaban J connectivity index is 5.53. The van der Waals surface area contributed by atoms with Crippen molar-refractivity contribution in [1.82, 2.24) is 0 Å². The van der Waals surface area contributed by atoms with Crippen LogP contribution in [0.25, 0.3) is 0 Å². The normalized spacial score (nSPS) is 14.8. The summed E-state index contributed by atoms with van der Waals surface area (Å²) in [5, 5.41) is 10.7. The number of ether oxygens (including phenoxy) is 4. The predicted molar refractivity (Wildman–Crippen MR) is 445 cm³/mol. The summed E-state index contributed by atoms with van der Waals surface area (Å²) in [7, 11) is -10.0. The number of carbonyl (C=O) groups excluding carboxylic acids is 4. The molecule has 19 heteroatoms. The molecule has 0 aliphatic heterocycles. The van der Waals surface area contributed by atoms with Crippen molar-refractivity contribution in [3.8, 4) is 0 Å². The van der Waals surface area contributed by atoms with E-state index in [9.17, 15) is 43.2 Å². The maximum absolute atomic E-state index is 13.1. The number of aliphatic hydroxyl groups is 1. The molecular formula is C89H144O17P2. The third-order valence-electron chi connectivity index (χ3n) is 16.3. The summed E-state index contributed by atoms with van der Waals surface area (Å²) in [5.41, 5.74) is 0. The lowest BCUT2D eigenvalue weighted by Crippen LogP contribution is -2.30. The number of hydrogen-bond acceptors (Lipinski definition) is 15. The monoisotopic (exact) mass is 1550 g/mol. The van der Waals surface area contributed by atoms with E-state index in [4.69, 9.17) is 37.0 Å². The van der Waals surface area contributed by atoms with Crippen LogP contribution in [0.1, 0.15) is 297 Å². The Kier molecular flexibility index (Phi) is 75.0. The molecule has 2 unspecified atom stereocenters. The number of rotatable bonds is 75. The smallest absolute Gasteiger partial charge is 0.462 e. The van der Waals surface area contributed by atoms with Crippen molar-refractivity contribution in [2.45, 2.75) is 316 Å². The first-order valence-electron chi connectivity index (χ1n) is 41.0. The average Bonchev–Trinajstić information content (AvgIpc) is 0.901. The minimum Gasteiger partial charge on any atom is -0.462 e. The maximum atomic E-state index is 13.1. The van der Waals surface area contributed by atoms with Crippen molar-refractivity contribution >= 4 is 39.5 Å². The summed E-state index contributed by atoms with van der Waals surface area (Å²) in [4.78, 5) is 73.1. The van der Waals surface area contributed by atoms with Gasteiger partial charge in [-0.25, -0.2) is 9.13 Å². The van der Waals surface area contributed by atoms with Gasteiger partial charge in [-0.1, -0.05) is 274 Å². The Morgan fingerprint density at radius 3 is 0.796 bits per heavy atom. The van der Waals surface area contributed by atoms with E-state index in [2.05, 4.69) is 186 Å². The van der Waals surface area contributed by atoms with Crippen LogP contribution in [0.3, 0.4) is 0 Å². The highest BCUT2D eigenvalue weighted by atomic mass is 31.2. The predicted octanol–water partition coefficient (Wildman–Crippen LogP) is 24.3. The van der Waals surface area contributed by atoms with Crippen LogP contribution in [0, 0.1) is 0 Å². The van der Waals surface area contributed by atoms with Gasteiger partial charge >= 0.3 is 39.5 Å². The molecule has 612 valence electrons. The number of hydrogen-bond donors (Lipinski definition) is 3. The van der Waals surface area contributed by atoms with E-state index in [1.54, 1.807) is 0 Å². The minimum absolute atomic E-state index is 0.0000108. The van der Waals surface area contributed by atoms with Crippen LogP contribution in [0.4, 0.5) is 0 Å². The second-order valence-corrected chi connectivity index (χ2v) is 29.5. The van der Waals surface area contributed by atoms with E-state index < -0.39 is 97.5 Å². The number of phosphoric acid groups is 2. The van der Waals surface area contributed by atoms with Crippen LogP contribution < -0.4 is 0 Å². The molecule has 0 saturated carbocycles. The molecule has 0 aliphatic rings. The number of phosphoric ester groups is 2. The summed E-state index contributed by atoms with van der Waals surface area (Å²) in [5.74, 6) is -2.37. The summed E-state index contributed by atoms with van der Waals surface area (Å²) < 4.78 is 68.5. The zero-order valence-electron chi connectivity index (χ0n) is 66.9. The van der Waals surface area contributed by atoms with E-state index in [0.717, 1.165) is 148 Å². The number of aliphatic hydroxyl groups excluding tert-OH is 1. The van der Waals surface area contributed by atoms with E-state index in [1.807, 2.05) is 24.3 Å². The molecule has 5 atom stereocenters. The zero-order chi connectivity index (χ0) is 78.9. The number of allylic oxidation sites excluding steroid dienone is 30. The van der Waals surface area contributed by atoms with Crippen molar-refractivity contribution in [2.24, 2.45) is 0 Å². The lowest BCUT2D eigenvalue weighted by molar-refractivity contribution is -0.161. The summed E-state index contributed by atoms with van der Waals surface area (Å²) >= 11 is 0. The third kappa shape index (κ3) is 78.3. The molecule has 108 heavy (non-hydrogen) atoms. The standard InChI is InChI=1S/C89H144O17P2/c1-5-9-13-17-21-25-29-33-37-40-41-44-47-50-54-58-62-66-70-74-87(92)100-79-84(105-88(93)75-71-67-63-59-55-51-45-36-32-28-24-20-16-12-8-4)81-103-107(95,96)101-77-83(90)78-102-108(97,98)104-82-85(106-89(94)76-72-68-64-60-56-52-48-43-39-35-31-27-23-19-15-11-7-3)80-99-86(91)73-69-65-61-57-53-49-46-42-38-34-30-26-22-18-14-10-6-2/h9,13,21-28,33-39,41,44-46,48-50,52,54,57,60-61,64,83-85,90H,5-8,10-12,14-20,29-32,40,42-43,47,51,53,55-56,58-59,62-63,65-82H2,1-4H3,(H,95,96)(H,97,98)/b13-9-,25-21-,26-22-,27-23-,28-24-,37-33-,38-34-,39-35-,44-41-,45-36-,49-46-,52-48-,54-50-,61-57-,64-60-/t83-,84-,85-/m1/s1. The summed E-state index contributed by atoms with van der Waals surface area (Å²) in [6, 6.07) is 0. The first-order chi connectivity index (χ1) is 52.7. The van der Waals surface area contributed by atoms with Gasteiger partial charge in [0, 0.05) is 25.7 Å². The third-order valence-corrected chi connectivity index (χ3v) is 18.2. The molecular weight excluding hydrogens is 1400 g/mol. The first kappa shape index (κ1) is 102. The zero-order valence-corrected chi connectivity index (χ0v) is 68.7. The van der Waals surface area contributed by atoms with Crippen LogP contribution >= 0.6 is 15.6 Å². The SMILES string of the molecule is CC/C=C\C/C=C\C/C=C\C/C=C\C/C=C\CCCCCC(=O)OC[C@H](COP(=O)(O)OC[C@@H](O)COP(=O)(O)OC[C@@H](COC(=O)CCC/C=C\C/C=C\C/C=C\C/C=C\CCCCC)OC(=O)CCC/C=C\C/C=C\C/C=C\C/C=C\CCCCC)OC(=O)CCCCCCC/C=C\C/C=C\CCCCC. The van der Waals surface area contributed by atoms with Gasteiger partial charge in [0.25, 0.3) is 0 Å². The van der Waals surface area contributed by atoms with Crippen LogP contribution in [0.15, 0.2) is 182 Å². The van der Waals surface area contributed by atoms with E-state index >= 15 is 0 Å². The molecule has 0 bridgehead atoms. The first-order valence-corrected chi connectivity index (χ1v) is 44.0. The quantitative estimate of drug-likeness (QED) is 0.0169. The Morgan fingerprint density at radius 1 is 0.269 bits per heavy atom. The lowest BCUT2D eigenvalue weighted by Gasteiger charge is -2.21. The van der Waals surface area contributed by atoms with Crippen molar-refractivity contribution in [3.05, 3.63) is 182 Å². The fourth-order valence-corrected chi connectivity index (χ4v) is 11.7. The topological polar surface area (TPSA) is 237 Å². The Bertz CT molecular complexity index is 2760. The fourth-order valence-electron chi connectivity index (χ4n) is 10.1. The molecule has 0 radical (unpaired) electrons. The molecule has 0 aromatic heterocycles. The second-order valence-electron chi connectivity index (χ2n) is 26.6. The van der Waals surface area contributed by atoms with Crippen LogP contribution in [-0.4, -0.2) is 96.7 Å². The Hall–Kier alpha value is -5.84. The molecule has 0 spiro atoms. The summed E-state index contributed by atoms with van der Waals surface area (Å²) in [6.45, 7) is 4.48. The van der Waals surface area contributed by atoms with Gasteiger partial charge in [-0.15, -0.1) is 0 Å². The fraction of sp³-hybridized carbons (Fsp3) is 0.618. The molecule has 0 heterocycles. The molecule has 0 aromatic carbocycles. The second kappa shape index (κ2) is 79.3. The largest absolute Gasteiger partial charge is 0.472 e. The minimum atomic E-state index is -5.02. The van der Waals surface area contributed by atoms with Gasteiger partial charge in [-0.05, 0) is 180 Å². The lowest BCUT2D eigenvalue weighted by atomic mass is 10.1. The molecule has 17 nitrogen and oxygen atoms in total. The molecule has 3 N–H and O–H groups in total. The number of esters is 4. The van der Waals surface area contributed by atoms with Crippen molar-refractivity contribution in [2.75, 3.05) is 39.6 Å². The van der Waals surface area contributed by atoms with Crippen molar-refractivity contribution in [1.29, 1.82) is 0 Å². The molecule has 0 aromatic rings. The Labute approximate surface area is 654 Å². The van der Waals surface area contributed by atoms with Gasteiger partial charge in [0.05, 0.1) is 26.4 Å². The van der Waals surface area contributed by atoms with E-state index in [0.29, 0.717) is 38.5 Å². The molecule has 0 aliphatic carbocycles. The highest BCUT2D eigenvalue weighted by Gasteiger charge is 2.30. The molecule has 0 amide bonds. The van der Waals surface area contributed by atoms with Crippen molar-refractivity contribution < 1.29 is 80.2 Å². The van der Waals surface area contributed by atoms with Crippen LogP contribution in [0.2, 0.25) is 0 Å². The van der Waals surface area contributed by atoms with Gasteiger partial charge in [0.15, 0.2) is 12.2 Å². The highest BCUT2D eigenvalue weighted by molar-refractivity contribution is 7.47. The van der Waals surface area contributed by atoms with Gasteiger partial charge in [-0.2, -0.15) is 0 Å². The van der Waals surface area contributed by atoms with Gasteiger partial charge in [0.1, 0.15) is 19.3 Å².